The molecule has 0 unspecified atom stereocenters. The van der Waals surface area contributed by atoms with Crippen molar-refractivity contribution in [2.45, 2.75) is 13.5 Å². The Morgan fingerprint density at radius 2 is 2.38 bits per heavy atom. The maximum atomic E-state index is 10.3. The molecule has 70 valence electrons. The Bertz CT molecular complexity index is 325. The molecule has 0 fully saturated rings. The monoisotopic (exact) mass is 182 g/mol. The van der Waals surface area contributed by atoms with Crippen LogP contribution in [0.5, 0.6) is 5.88 Å². The maximum Gasteiger partial charge on any atom is 0.234 e. The summed E-state index contributed by atoms with van der Waals surface area (Å²) in [7, 11) is 1.45. The summed E-state index contributed by atoms with van der Waals surface area (Å²) in [5, 5.41) is 10.3. The van der Waals surface area contributed by atoms with Gasteiger partial charge >= 0.3 is 0 Å². The molecule has 0 saturated carbocycles. The van der Waals surface area contributed by atoms with Crippen LogP contribution in [0.25, 0.3) is 0 Å². The number of pyridine rings is 1. The van der Waals surface area contributed by atoms with Gasteiger partial charge in [-0.15, -0.1) is 0 Å². The first-order valence-electron chi connectivity index (χ1n) is 3.75. The topological polar surface area (TPSA) is 65.3 Å². The second-order valence-corrected chi connectivity index (χ2v) is 2.61. The molecule has 1 heterocycles. The van der Waals surface area contributed by atoms with Gasteiger partial charge in [0.2, 0.25) is 12.4 Å². The first-order chi connectivity index (χ1) is 6.15. The summed E-state index contributed by atoms with van der Waals surface area (Å²) in [5.41, 5.74) is 1.36. The Morgan fingerprint density at radius 3 is 2.92 bits per heavy atom. The zero-order chi connectivity index (χ0) is 9.84. The van der Waals surface area contributed by atoms with Crippen molar-refractivity contribution in [3.05, 3.63) is 33.5 Å². The summed E-state index contributed by atoms with van der Waals surface area (Å²) in [6.45, 7) is 1.55. The quantitative estimate of drug-likeness (QED) is 0.520. The van der Waals surface area contributed by atoms with Gasteiger partial charge in [-0.1, -0.05) is 0 Å². The van der Waals surface area contributed by atoms with E-state index in [0.29, 0.717) is 11.4 Å². The van der Waals surface area contributed by atoms with Crippen molar-refractivity contribution in [3.8, 4) is 5.88 Å². The second kappa shape index (κ2) is 3.84. The molecule has 0 amide bonds. The van der Waals surface area contributed by atoms with Crippen LogP contribution >= 0.6 is 0 Å². The van der Waals surface area contributed by atoms with Crippen molar-refractivity contribution >= 4 is 0 Å². The van der Waals surface area contributed by atoms with Crippen LogP contribution in [0.3, 0.4) is 0 Å². The lowest BCUT2D eigenvalue weighted by molar-refractivity contribution is -0.497. The lowest BCUT2D eigenvalue weighted by atomic mass is 10.1. The van der Waals surface area contributed by atoms with Crippen LogP contribution in [-0.4, -0.2) is 17.0 Å². The number of methoxy groups -OCH3 is 1. The van der Waals surface area contributed by atoms with Crippen molar-refractivity contribution in [1.82, 2.24) is 4.98 Å². The number of nitrogens with zero attached hydrogens (tertiary/aromatic N) is 2. The van der Waals surface area contributed by atoms with E-state index < -0.39 is 4.92 Å². The Kier molecular flexibility index (Phi) is 2.79. The molecule has 0 aliphatic heterocycles. The fourth-order valence-corrected chi connectivity index (χ4v) is 1.06. The molecule has 1 rings (SSSR count). The Morgan fingerprint density at radius 1 is 1.69 bits per heavy atom. The van der Waals surface area contributed by atoms with Gasteiger partial charge in [0.25, 0.3) is 0 Å². The van der Waals surface area contributed by atoms with Crippen LogP contribution in [0, 0.1) is 17.0 Å². The Balaban J connectivity index is 3.07. The first kappa shape index (κ1) is 9.44. The predicted molar refractivity (Wildman–Crippen MR) is 46.2 cm³/mol. The normalized spacial score (nSPS) is 9.69. The number of nitro groups is 1. The van der Waals surface area contributed by atoms with E-state index in [2.05, 4.69) is 4.98 Å². The van der Waals surface area contributed by atoms with Crippen LogP contribution in [0.4, 0.5) is 0 Å². The fourth-order valence-electron chi connectivity index (χ4n) is 1.06. The van der Waals surface area contributed by atoms with Crippen molar-refractivity contribution in [1.29, 1.82) is 0 Å². The van der Waals surface area contributed by atoms with E-state index in [0.717, 1.165) is 5.56 Å². The minimum absolute atomic E-state index is 0.247. The van der Waals surface area contributed by atoms with E-state index in [9.17, 15) is 10.1 Å². The van der Waals surface area contributed by atoms with E-state index in [4.69, 9.17) is 4.74 Å². The summed E-state index contributed by atoms with van der Waals surface area (Å²) in [6.07, 6.45) is 1.57. The highest BCUT2D eigenvalue weighted by Gasteiger charge is 2.12. The summed E-state index contributed by atoms with van der Waals surface area (Å²) in [5.74, 6) is 0.330. The SMILES string of the molecule is COc1nccc(C)c1C[N+](=O)[O-]. The molecule has 0 radical (unpaired) electrons. The van der Waals surface area contributed by atoms with Gasteiger partial charge in [0.15, 0.2) is 0 Å². The van der Waals surface area contributed by atoms with Crippen LogP contribution in [-0.2, 0) is 6.54 Å². The number of rotatable bonds is 3. The molecule has 0 aliphatic carbocycles. The first-order valence-corrected chi connectivity index (χ1v) is 3.75. The Hall–Kier alpha value is -1.65. The molecule has 1 aromatic heterocycles. The molecule has 5 heteroatoms. The molecule has 5 nitrogen and oxygen atoms in total. The maximum absolute atomic E-state index is 10.3. The summed E-state index contributed by atoms with van der Waals surface area (Å²) >= 11 is 0. The number of aromatic nitrogens is 1. The van der Waals surface area contributed by atoms with E-state index in [1.807, 2.05) is 0 Å². The van der Waals surface area contributed by atoms with E-state index >= 15 is 0 Å². The summed E-state index contributed by atoms with van der Waals surface area (Å²) < 4.78 is 4.91. The van der Waals surface area contributed by atoms with Crippen LogP contribution in [0.1, 0.15) is 11.1 Å². The van der Waals surface area contributed by atoms with Crippen LogP contribution in [0.15, 0.2) is 12.3 Å². The molecular formula is C8H10N2O3. The van der Waals surface area contributed by atoms with Gasteiger partial charge in [0, 0.05) is 11.1 Å². The molecule has 1 aromatic rings. The largest absolute Gasteiger partial charge is 0.481 e. The van der Waals surface area contributed by atoms with E-state index in [1.165, 1.54) is 7.11 Å². The highest BCUT2D eigenvalue weighted by molar-refractivity contribution is 5.32. The van der Waals surface area contributed by atoms with Crippen molar-refractivity contribution < 1.29 is 9.66 Å². The molecule has 0 saturated heterocycles. The third-order valence-corrected chi connectivity index (χ3v) is 1.73. The van der Waals surface area contributed by atoms with Gasteiger partial charge < -0.3 is 4.74 Å². The highest BCUT2D eigenvalue weighted by Crippen LogP contribution is 2.18. The lowest BCUT2D eigenvalue weighted by Crippen LogP contribution is -2.04. The molecule has 0 spiro atoms. The highest BCUT2D eigenvalue weighted by atomic mass is 16.6. The second-order valence-electron chi connectivity index (χ2n) is 2.61. The molecular weight excluding hydrogens is 172 g/mol. The lowest BCUT2D eigenvalue weighted by Gasteiger charge is -2.05. The molecule has 0 aromatic carbocycles. The van der Waals surface area contributed by atoms with Gasteiger partial charge in [-0.05, 0) is 18.6 Å². The molecule has 0 aliphatic rings. The van der Waals surface area contributed by atoms with Crippen molar-refractivity contribution in [2.24, 2.45) is 0 Å². The zero-order valence-electron chi connectivity index (χ0n) is 7.48. The number of hydrogen-bond acceptors (Lipinski definition) is 4. The van der Waals surface area contributed by atoms with Crippen molar-refractivity contribution in [3.63, 3.8) is 0 Å². The van der Waals surface area contributed by atoms with Gasteiger partial charge in [-0.25, -0.2) is 4.98 Å². The average molecular weight is 182 g/mol. The fraction of sp³-hybridized carbons (Fsp3) is 0.375. The number of hydrogen-bond donors (Lipinski definition) is 0. The standard InChI is InChI=1S/C8H10N2O3/c1-6-3-4-9-8(13-2)7(6)5-10(11)12/h3-4H,5H2,1-2H3. The minimum Gasteiger partial charge on any atom is -0.481 e. The molecule has 0 atom stereocenters. The summed E-state index contributed by atoms with van der Waals surface area (Å²) in [4.78, 5) is 13.8. The summed E-state index contributed by atoms with van der Waals surface area (Å²) in [6, 6.07) is 1.72. The van der Waals surface area contributed by atoms with E-state index in [-0.39, 0.29) is 6.54 Å². The van der Waals surface area contributed by atoms with Gasteiger partial charge in [0.05, 0.1) is 12.7 Å². The van der Waals surface area contributed by atoms with Crippen LogP contribution in [0.2, 0.25) is 0 Å². The third kappa shape index (κ3) is 2.14. The molecule has 13 heavy (non-hydrogen) atoms. The Labute approximate surface area is 75.5 Å². The molecule has 0 N–H and O–H groups in total. The van der Waals surface area contributed by atoms with Gasteiger partial charge in [-0.2, -0.15) is 0 Å². The van der Waals surface area contributed by atoms with Crippen molar-refractivity contribution in [2.75, 3.05) is 7.11 Å². The average Bonchev–Trinajstić information content (AvgIpc) is 2.08. The zero-order valence-corrected chi connectivity index (χ0v) is 7.48. The third-order valence-electron chi connectivity index (χ3n) is 1.73. The molecule has 0 bridgehead atoms. The number of ether oxygens (including phenoxy) is 1. The minimum atomic E-state index is -0.396. The number of aryl methyl sites for hydroxylation is 1. The van der Waals surface area contributed by atoms with E-state index in [1.54, 1.807) is 19.2 Å². The van der Waals surface area contributed by atoms with Crippen LogP contribution < -0.4 is 4.74 Å². The van der Waals surface area contributed by atoms with Gasteiger partial charge in [-0.3, -0.25) is 10.1 Å². The smallest absolute Gasteiger partial charge is 0.234 e. The van der Waals surface area contributed by atoms with Gasteiger partial charge in [0.1, 0.15) is 0 Å². The predicted octanol–water partition coefficient (Wildman–Crippen LogP) is 1.18.